The Kier molecular flexibility index (Phi) is 4.80. The molecule has 10 heteroatoms. The first-order valence-corrected chi connectivity index (χ1v) is 9.20. The van der Waals surface area contributed by atoms with Gasteiger partial charge < -0.3 is 9.73 Å². The van der Waals surface area contributed by atoms with Gasteiger partial charge in [0.1, 0.15) is 0 Å². The fraction of sp³-hybridized carbons (Fsp3) is 0.312. The lowest BCUT2D eigenvalue weighted by molar-refractivity contribution is -0.137. The van der Waals surface area contributed by atoms with Gasteiger partial charge in [-0.3, -0.25) is 4.79 Å². The summed E-state index contributed by atoms with van der Waals surface area (Å²) >= 11 is 0. The van der Waals surface area contributed by atoms with Crippen molar-refractivity contribution in [1.82, 2.24) is 10.0 Å². The normalized spacial score (nSPS) is 15.0. The average Bonchev–Trinajstić information content (AvgIpc) is 3.22. The SMILES string of the molecule is O=C(NCc1cccc(C(F)(F)F)c1)c1ccc(S(=O)(=O)NC2CC2)o1. The maximum absolute atomic E-state index is 12.7. The second-order valence-corrected chi connectivity index (χ2v) is 7.54. The highest BCUT2D eigenvalue weighted by molar-refractivity contribution is 7.89. The zero-order chi connectivity index (χ0) is 18.9. The molecule has 6 nitrogen and oxygen atoms in total. The van der Waals surface area contributed by atoms with E-state index in [1.807, 2.05) is 0 Å². The van der Waals surface area contributed by atoms with Gasteiger partial charge in [0.25, 0.3) is 15.9 Å². The Bertz CT molecular complexity index is 918. The van der Waals surface area contributed by atoms with Gasteiger partial charge in [0.2, 0.25) is 5.09 Å². The van der Waals surface area contributed by atoms with E-state index in [0.29, 0.717) is 0 Å². The lowest BCUT2D eigenvalue weighted by Gasteiger charge is -2.09. The summed E-state index contributed by atoms with van der Waals surface area (Å²) in [7, 11) is -3.82. The molecule has 0 saturated heterocycles. The molecular formula is C16H15F3N2O4S. The molecule has 2 aromatic rings. The minimum absolute atomic E-state index is 0.108. The van der Waals surface area contributed by atoms with Crippen LogP contribution in [0.1, 0.15) is 34.5 Å². The summed E-state index contributed by atoms with van der Waals surface area (Å²) < 4.78 is 69.5. The maximum Gasteiger partial charge on any atom is 0.416 e. The van der Waals surface area contributed by atoms with Crippen molar-refractivity contribution in [2.24, 2.45) is 0 Å². The van der Waals surface area contributed by atoms with Crippen molar-refractivity contribution in [2.45, 2.75) is 36.7 Å². The van der Waals surface area contributed by atoms with Crippen LogP contribution in [-0.4, -0.2) is 20.4 Å². The minimum Gasteiger partial charge on any atom is -0.438 e. The molecule has 0 unspecified atom stereocenters. The van der Waals surface area contributed by atoms with E-state index < -0.39 is 27.7 Å². The van der Waals surface area contributed by atoms with Gasteiger partial charge in [-0.05, 0) is 42.7 Å². The van der Waals surface area contributed by atoms with Crippen LogP contribution >= 0.6 is 0 Å². The van der Waals surface area contributed by atoms with Crippen LogP contribution in [0.4, 0.5) is 13.2 Å². The summed E-state index contributed by atoms with van der Waals surface area (Å²) in [6.45, 7) is -0.161. The molecule has 1 fully saturated rings. The predicted molar refractivity (Wildman–Crippen MR) is 84.7 cm³/mol. The number of nitrogens with one attached hydrogen (secondary N) is 2. The number of halogens is 3. The third-order valence-corrected chi connectivity index (χ3v) is 5.07. The first-order chi connectivity index (χ1) is 12.1. The first-order valence-electron chi connectivity index (χ1n) is 7.72. The zero-order valence-electron chi connectivity index (χ0n) is 13.3. The van der Waals surface area contributed by atoms with Crippen molar-refractivity contribution in [1.29, 1.82) is 0 Å². The summed E-state index contributed by atoms with van der Waals surface area (Å²) in [5, 5.41) is 2.02. The highest BCUT2D eigenvalue weighted by atomic mass is 32.2. The summed E-state index contributed by atoms with van der Waals surface area (Å²) in [4.78, 5) is 12.0. The summed E-state index contributed by atoms with van der Waals surface area (Å²) in [6, 6.07) is 6.79. The van der Waals surface area contributed by atoms with Crippen molar-refractivity contribution in [3.8, 4) is 0 Å². The Morgan fingerprint density at radius 3 is 2.58 bits per heavy atom. The van der Waals surface area contributed by atoms with E-state index in [0.717, 1.165) is 31.0 Å². The lowest BCUT2D eigenvalue weighted by Crippen LogP contribution is -2.25. The van der Waals surface area contributed by atoms with Crippen LogP contribution in [0.3, 0.4) is 0 Å². The molecule has 0 aliphatic heterocycles. The zero-order valence-corrected chi connectivity index (χ0v) is 14.2. The van der Waals surface area contributed by atoms with Crippen LogP contribution < -0.4 is 10.0 Å². The molecule has 3 rings (SSSR count). The minimum atomic E-state index is -4.47. The van der Waals surface area contributed by atoms with E-state index in [2.05, 4.69) is 10.0 Å². The maximum atomic E-state index is 12.7. The molecule has 140 valence electrons. The number of rotatable bonds is 6. The summed E-state index contributed by atoms with van der Waals surface area (Å²) in [5.41, 5.74) is -0.565. The molecule has 0 bridgehead atoms. The van der Waals surface area contributed by atoms with Gasteiger partial charge >= 0.3 is 6.18 Å². The van der Waals surface area contributed by atoms with Gasteiger partial charge in [-0.15, -0.1) is 0 Å². The van der Waals surface area contributed by atoms with E-state index in [1.165, 1.54) is 18.2 Å². The number of alkyl halides is 3. The molecule has 26 heavy (non-hydrogen) atoms. The van der Waals surface area contributed by atoms with Crippen molar-refractivity contribution in [3.05, 3.63) is 53.3 Å². The van der Waals surface area contributed by atoms with E-state index in [9.17, 15) is 26.4 Å². The van der Waals surface area contributed by atoms with Crippen LogP contribution in [0.25, 0.3) is 0 Å². The summed E-state index contributed by atoms with van der Waals surface area (Å²) in [5.74, 6) is -0.969. The first kappa shape index (κ1) is 18.5. The number of carbonyl (C=O) groups is 1. The molecule has 0 spiro atoms. The Morgan fingerprint density at radius 1 is 1.19 bits per heavy atom. The van der Waals surface area contributed by atoms with Gasteiger partial charge in [0, 0.05) is 12.6 Å². The Morgan fingerprint density at radius 2 is 1.92 bits per heavy atom. The van der Waals surface area contributed by atoms with Crippen molar-refractivity contribution in [3.63, 3.8) is 0 Å². The highest BCUT2D eigenvalue weighted by Gasteiger charge is 2.31. The molecule has 1 heterocycles. The van der Waals surface area contributed by atoms with Crippen LogP contribution in [0, 0.1) is 0 Å². The molecule has 1 amide bonds. The van der Waals surface area contributed by atoms with E-state index >= 15 is 0 Å². The topological polar surface area (TPSA) is 88.4 Å². The van der Waals surface area contributed by atoms with Gasteiger partial charge in [0.05, 0.1) is 5.56 Å². The van der Waals surface area contributed by atoms with Gasteiger partial charge in [0.15, 0.2) is 5.76 Å². The van der Waals surface area contributed by atoms with E-state index in [-0.39, 0.29) is 29.0 Å². The third kappa shape index (κ3) is 4.44. The summed E-state index contributed by atoms with van der Waals surface area (Å²) in [6.07, 6.45) is -2.96. The number of carbonyl (C=O) groups excluding carboxylic acids is 1. The number of hydrogen-bond acceptors (Lipinski definition) is 4. The molecular weight excluding hydrogens is 373 g/mol. The molecule has 1 aromatic carbocycles. The number of benzene rings is 1. The monoisotopic (exact) mass is 388 g/mol. The molecule has 0 atom stereocenters. The average molecular weight is 388 g/mol. The molecule has 2 N–H and O–H groups in total. The number of furan rings is 1. The number of amides is 1. The van der Waals surface area contributed by atoms with Crippen LogP contribution in [-0.2, 0) is 22.7 Å². The standard InChI is InChI=1S/C16H15F3N2O4S/c17-16(18,19)11-3-1-2-10(8-11)9-20-15(22)13-6-7-14(25-13)26(23,24)21-12-4-5-12/h1-3,6-8,12,21H,4-5,9H2,(H,20,22). The molecule has 1 aliphatic rings. The van der Waals surface area contributed by atoms with Gasteiger partial charge in [-0.25, -0.2) is 13.1 Å². The second kappa shape index (κ2) is 6.76. The second-order valence-electron chi connectivity index (χ2n) is 5.90. The van der Waals surface area contributed by atoms with Crippen molar-refractivity contribution >= 4 is 15.9 Å². The number of sulfonamides is 1. The number of hydrogen-bond donors (Lipinski definition) is 2. The molecule has 1 aliphatic carbocycles. The van der Waals surface area contributed by atoms with Crippen LogP contribution in [0.5, 0.6) is 0 Å². The van der Waals surface area contributed by atoms with Crippen molar-refractivity contribution in [2.75, 3.05) is 0 Å². The van der Waals surface area contributed by atoms with Crippen molar-refractivity contribution < 1.29 is 30.8 Å². The highest BCUT2D eigenvalue weighted by Crippen LogP contribution is 2.29. The molecule has 1 saturated carbocycles. The quantitative estimate of drug-likeness (QED) is 0.796. The molecule has 0 radical (unpaired) electrons. The van der Waals surface area contributed by atoms with Crippen LogP contribution in [0.15, 0.2) is 45.9 Å². The Hall–Kier alpha value is -2.33. The smallest absolute Gasteiger partial charge is 0.416 e. The van der Waals surface area contributed by atoms with E-state index in [1.54, 1.807) is 0 Å². The predicted octanol–water partition coefficient (Wildman–Crippen LogP) is 2.67. The largest absolute Gasteiger partial charge is 0.438 e. The van der Waals surface area contributed by atoms with E-state index in [4.69, 9.17) is 4.42 Å². The fourth-order valence-corrected chi connectivity index (χ4v) is 3.43. The third-order valence-electron chi connectivity index (χ3n) is 3.68. The Labute approximate surface area is 147 Å². The lowest BCUT2D eigenvalue weighted by atomic mass is 10.1. The Balaban J connectivity index is 1.64. The van der Waals surface area contributed by atoms with Gasteiger partial charge in [-0.2, -0.15) is 13.2 Å². The molecule has 1 aromatic heterocycles. The van der Waals surface area contributed by atoms with Gasteiger partial charge in [-0.1, -0.05) is 12.1 Å². The van der Waals surface area contributed by atoms with Crippen LogP contribution in [0.2, 0.25) is 0 Å². The fourth-order valence-electron chi connectivity index (χ4n) is 2.19.